The molecule has 1 aromatic rings. The van der Waals surface area contributed by atoms with E-state index in [1.165, 1.54) is 0 Å². The number of allylic oxidation sites excluding steroid dienone is 10. The lowest BCUT2D eigenvalue weighted by molar-refractivity contribution is -0.117. The minimum absolute atomic E-state index is 0.212. The summed E-state index contributed by atoms with van der Waals surface area (Å²) in [6, 6.07) is 5.85. The summed E-state index contributed by atoms with van der Waals surface area (Å²) >= 11 is 0. The largest absolute Gasteiger partial charge is 0.301 e. The van der Waals surface area contributed by atoms with Gasteiger partial charge in [0.2, 0.25) is 0 Å². The van der Waals surface area contributed by atoms with E-state index in [4.69, 9.17) is 0 Å². The van der Waals surface area contributed by atoms with Crippen LogP contribution in [0.5, 0.6) is 0 Å². The molecule has 0 saturated heterocycles. The fourth-order valence-corrected chi connectivity index (χ4v) is 3.55. The van der Waals surface area contributed by atoms with Gasteiger partial charge in [0.25, 0.3) is 0 Å². The Kier molecular flexibility index (Phi) is 8.89. The number of benzene rings is 1. The Bertz CT molecular complexity index is 948. The molecule has 2 unspecified atom stereocenters. The van der Waals surface area contributed by atoms with Crippen molar-refractivity contribution < 1.29 is 9.59 Å². The van der Waals surface area contributed by atoms with Gasteiger partial charge in [-0.15, -0.1) is 6.58 Å². The molecule has 1 aromatic carbocycles. The third-order valence-corrected chi connectivity index (χ3v) is 5.78. The van der Waals surface area contributed by atoms with E-state index in [2.05, 4.69) is 37.5 Å². The molecule has 2 atom stereocenters. The summed E-state index contributed by atoms with van der Waals surface area (Å²) in [5.74, 6) is 0.212. The molecule has 31 heavy (non-hydrogen) atoms. The summed E-state index contributed by atoms with van der Waals surface area (Å²) in [6.07, 6.45) is 19.7. The van der Waals surface area contributed by atoms with Crippen LogP contribution in [0.1, 0.15) is 48.2 Å². The first kappa shape index (κ1) is 24.2. The highest BCUT2D eigenvalue weighted by atomic mass is 16.1. The molecule has 0 aliphatic heterocycles. The second kappa shape index (κ2) is 11.4. The lowest BCUT2D eigenvalue weighted by Crippen LogP contribution is -2.44. The van der Waals surface area contributed by atoms with Gasteiger partial charge >= 0.3 is 0 Å². The van der Waals surface area contributed by atoms with Crippen LogP contribution >= 0.6 is 0 Å². The number of aldehydes is 2. The maximum Gasteiger partial charge on any atom is 0.150 e. The molecule has 0 bridgehead atoms. The van der Waals surface area contributed by atoms with Crippen molar-refractivity contribution in [1.82, 2.24) is 4.90 Å². The quantitative estimate of drug-likeness (QED) is 0.342. The third kappa shape index (κ3) is 6.47. The predicted molar refractivity (Wildman–Crippen MR) is 131 cm³/mol. The summed E-state index contributed by atoms with van der Waals surface area (Å²) < 4.78 is 0. The van der Waals surface area contributed by atoms with Crippen LogP contribution in [0.25, 0.3) is 5.57 Å². The molecule has 0 amide bonds. The second-order valence-electron chi connectivity index (χ2n) is 8.19. The van der Waals surface area contributed by atoms with Gasteiger partial charge < -0.3 is 4.79 Å². The molecule has 1 aliphatic rings. The summed E-state index contributed by atoms with van der Waals surface area (Å²) in [7, 11) is 1.92. The smallest absolute Gasteiger partial charge is 0.150 e. The van der Waals surface area contributed by atoms with Crippen molar-refractivity contribution in [1.29, 1.82) is 0 Å². The summed E-state index contributed by atoms with van der Waals surface area (Å²) in [5, 5.41) is 0. The van der Waals surface area contributed by atoms with E-state index < -0.39 is 5.54 Å². The number of likely N-dealkylation sites (N-methyl/N-ethyl adjacent to an activating group) is 1. The Morgan fingerprint density at radius 1 is 1.19 bits per heavy atom. The molecule has 162 valence electrons. The van der Waals surface area contributed by atoms with Crippen molar-refractivity contribution in [2.45, 2.75) is 38.8 Å². The Balaban J connectivity index is 2.40. The van der Waals surface area contributed by atoms with E-state index in [-0.39, 0.29) is 5.92 Å². The average Bonchev–Trinajstić information content (AvgIpc) is 2.76. The fraction of sp³-hybridized carbons (Fsp3) is 0.286. The lowest BCUT2D eigenvalue weighted by atomic mass is 9.92. The van der Waals surface area contributed by atoms with Gasteiger partial charge in [0.15, 0.2) is 0 Å². The fourth-order valence-electron chi connectivity index (χ4n) is 3.55. The van der Waals surface area contributed by atoms with E-state index in [0.717, 1.165) is 41.3 Å². The molecule has 0 N–H and O–H groups in total. The van der Waals surface area contributed by atoms with Gasteiger partial charge in [0, 0.05) is 18.0 Å². The number of hydrogen-bond donors (Lipinski definition) is 0. The zero-order valence-corrected chi connectivity index (χ0v) is 18.9. The molecule has 3 nitrogen and oxygen atoms in total. The number of rotatable bonds is 10. The molecule has 1 aliphatic carbocycles. The summed E-state index contributed by atoms with van der Waals surface area (Å²) in [6.45, 7) is 12.3. The summed E-state index contributed by atoms with van der Waals surface area (Å²) in [4.78, 5) is 25.5. The van der Waals surface area contributed by atoms with E-state index in [1.54, 1.807) is 0 Å². The summed E-state index contributed by atoms with van der Waals surface area (Å²) in [5.41, 5.74) is 3.88. The van der Waals surface area contributed by atoms with Gasteiger partial charge in [-0.25, -0.2) is 0 Å². The maximum atomic E-state index is 11.8. The Labute approximate surface area is 186 Å². The van der Waals surface area contributed by atoms with Crippen molar-refractivity contribution >= 4 is 18.1 Å². The monoisotopic (exact) mass is 415 g/mol. The van der Waals surface area contributed by atoms with Crippen molar-refractivity contribution in [3.8, 4) is 0 Å². The number of hydrogen-bond acceptors (Lipinski definition) is 3. The van der Waals surface area contributed by atoms with Crippen molar-refractivity contribution in [3.63, 3.8) is 0 Å². The van der Waals surface area contributed by atoms with Gasteiger partial charge in [-0.05, 0) is 68.2 Å². The number of nitrogens with zero attached hydrogens (tertiary/aromatic N) is 1. The highest BCUT2D eigenvalue weighted by Crippen LogP contribution is 2.27. The van der Waals surface area contributed by atoms with Crippen LogP contribution in [0.2, 0.25) is 0 Å². The highest BCUT2D eigenvalue weighted by Gasteiger charge is 2.28. The van der Waals surface area contributed by atoms with E-state index in [1.807, 2.05) is 68.3 Å². The van der Waals surface area contributed by atoms with Crippen LogP contribution < -0.4 is 0 Å². The van der Waals surface area contributed by atoms with E-state index >= 15 is 0 Å². The first-order valence-corrected chi connectivity index (χ1v) is 10.6. The van der Waals surface area contributed by atoms with Crippen LogP contribution in [-0.2, 0) is 11.3 Å². The van der Waals surface area contributed by atoms with Crippen molar-refractivity contribution in [3.05, 3.63) is 102 Å². The predicted octanol–water partition coefficient (Wildman–Crippen LogP) is 6.11. The number of carbonyl (C=O) groups is 2. The van der Waals surface area contributed by atoms with Crippen molar-refractivity contribution in [2.24, 2.45) is 5.92 Å². The Morgan fingerprint density at radius 3 is 2.58 bits per heavy atom. The van der Waals surface area contributed by atoms with Crippen LogP contribution in [0.15, 0.2) is 85.5 Å². The lowest BCUT2D eigenvalue weighted by Gasteiger charge is -2.34. The number of carbonyl (C=O) groups excluding carboxylic acids is 2. The Morgan fingerprint density at radius 2 is 1.94 bits per heavy atom. The molecule has 0 heterocycles. The zero-order chi connectivity index (χ0) is 22.9. The molecular formula is C28H33NO2. The van der Waals surface area contributed by atoms with E-state index in [9.17, 15) is 9.59 Å². The van der Waals surface area contributed by atoms with Gasteiger partial charge in [0.1, 0.15) is 12.6 Å². The topological polar surface area (TPSA) is 37.4 Å². The molecule has 0 radical (unpaired) electrons. The molecular weight excluding hydrogens is 382 g/mol. The molecule has 3 heteroatoms. The van der Waals surface area contributed by atoms with Crippen LogP contribution in [-0.4, -0.2) is 30.1 Å². The maximum absolute atomic E-state index is 11.8. The van der Waals surface area contributed by atoms with Crippen LogP contribution in [0, 0.1) is 5.92 Å². The van der Waals surface area contributed by atoms with Gasteiger partial charge in [-0.1, -0.05) is 61.2 Å². The molecule has 2 rings (SSSR count). The standard InChI is InChI=1S/C28H33NO2/c1-6-8-16-28(4,21-31)29(5)19-27-18-25(14-15-26(27)20-30)24-13-12-23(9-7-2)11-10-22(3)17-24/h6-7,9-15,17-18,20-21,23H,1,3,8,16,19H2,2,4-5H3/b9-7-,11-10-,13-12?,24-17?. The van der Waals surface area contributed by atoms with Gasteiger partial charge in [-0.3, -0.25) is 9.69 Å². The van der Waals surface area contributed by atoms with Crippen LogP contribution in [0.3, 0.4) is 0 Å². The average molecular weight is 416 g/mol. The van der Waals surface area contributed by atoms with Gasteiger partial charge in [-0.2, -0.15) is 0 Å². The van der Waals surface area contributed by atoms with E-state index in [0.29, 0.717) is 18.5 Å². The normalized spacial score (nSPS) is 19.4. The minimum atomic E-state index is -0.622. The first-order chi connectivity index (χ1) is 14.9. The van der Waals surface area contributed by atoms with Gasteiger partial charge in [0.05, 0.1) is 5.54 Å². The van der Waals surface area contributed by atoms with Crippen molar-refractivity contribution in [2.75, 3.05) is 7.05 Å². The second-order valence-corrected chi connectivity index (χ2v) is 8.19. The highest BCUT2D eigenvalue weighted by molar-refractivity contribution is 5.82. The molecule has 0 aromatic heterocycles. The third-order valence-electron chi connectivity index (χ3n) is 5.78. The SMILES string of the molecule is C=CCCC(C)(C=O)N(C)Cc1cc(C2=CC(=C)/C=C\C(/C=C\C)C=C2)ccc1C=O. The molecule has 0 spiro atoms. The zero-order valence-electron chi connectivity index (χ0n) is 18.9. The molecule has 0 fully saturated rings. The minimum Gasteiger partial charge on any atom is -0.301 e. The molecule has 0 saturated carbocycles. The first-order valence-electron chi connectivity index (χ1n) is 10.6. The van der Waals surface area contributed by atoms with Crippen LogP contribution in [0.4, 0.5) is 0 Å². The Hall–Kier alpha value is -3.04.